The molecule has 0 amide bonds. The summed E-state index contributed by atoms with van der Waals surface area (Å²) in [5.41, 5.74) is 0.949. The lowest BCUT2D eigenvalue weighted by Gasteiger charge is -2.05. The Morgan fingerprint density at radius 2 is 2.17 bits per heavy atom. The molecule has 1 aromatic carbocycles. The van der Waals surface area contributed by atoms with Crippen LogP contribution in [0.2, 0.25) is 0 Å². The van der Waals surface area contributed by atoms with Crippen LogP contribution in [0.3, 0.4) is 0 Å². The average Bonchev–Trinajstić information content (AvgIpc) is 2.03. The zero-order valence-corrected chi connectivity index (χ0v) is 6.93. The monoisotopic (exact) mass is 168 g/mol. The average molecular weight is 168 g/mol. The van der Waals surface area contributed by atoms with E-state index in [0.29, 0.717) is 17.4 Å². The molecule has 0 heterocycles. The van der Waals surface area contributed by atoms with Crippen molar-refractivity contribution in [1.82, 2.24) is 0 Å². The first-order valence-corrected chi connectivity index (χ1v) is 3.48. The van der Waals surface area contributed by atoms with E-state index in [1.807, 2.05) is 0 Å². The number of ether oxygens (including phenoxy) is 1. The van der Waals surface area contributed by atoms with E-state index >= 15 is 0 Å². The molecule has 0 saturated carbocycles. The van der Waals surface area contributed by atoms with Crippen LogP contribution in [0.4, 0.5) is 4.39 Å². The van der Waals surface area contributed by atoms with Crippen molar-refractivity contribution in [2.75, 3.05) is 7.11 Å². The third kappa shape index (κ3) is 1.44. The Morgan fingerprint density at radius 1 is 1.50 bits per heavy atom. The van der Waals surface area contributed by atoms with Gasteiger partial charge in [-0.1, -0.05) is 0 Å². The highest BCUT2D eigenvalue weighted by molar-refractivity contribution is 5.75. The molecule has 0 fully saturated rings. The van der Waals surface area contributed by atoms with E-state index < -0.39 is 5.82 Å². The van der Waals surface area contributed by atoms with Gasteiger partial charge < -0.3 is 4.74 Å². The maximum absolute atomic E-state index is 13.0. The van der Waals surface area contributed by atoms with E-state index in [9.17, 15) is 9.18 Å². The SMILES string of the molecule is COc1c(C)cc(C=O)cc1F. The van der Waals surface area contributed by atoms with Crippen LogP contribution in [0.25, 0.3) is 0 Å². The molecule has 1 aromatic rings. The van der Waals surface area contributed by atoms with Crippen LogP contribution >= 0.6 is 0 Å². The predicted molar refractivity (Wildman–Crippen MR) is 43.1 cm³/mol. The number of carbonyl (C=O) groups is 1. The van der Waals surface area contributed by atoms with Crippen LogP contribution in [0.1, 0.15) is 15.9 Å². The normalized spacial score (nSPS) is 9.58. The molecule has 0 bridgehead atoms. The minimum atomic E-state index is -0.500. The van der Waals surface area contributed by atoms with Gasteiger partial charge in [-0.05, 0) is 24.6 Å². The molecule has 0 aliphatic rings. The fraction of sp³-hybridized carbons (Fsp3) is 0.222. The molecule has 0 N–H and O–H groups in total. The summed E-state index contributed by atoms with van der Waals surface area (Å²) < 4.78 is 17.8. The van der Waals surface area contributed by atoms with E-state index in [2.05, 4.69) is 0 Å². The first kappa shape index (κ1) is 8.71. The molecule has 0 atom stereocenters. The quantitative estimate of drug-likeness (QED) is 0.631. The van der Waals surface area contributed by atoms with E-state index in [4.69, 9.17) is 4.74 Å². The molecule has 0 saturated heterocycles. The number of aldehydes is 1. The summed E-state index contributed by atoms with van der Waals surface area (Å²) in [6.45, 7) is 1.69. The first-order valence-electron chi connectivity index (χ1n) is 3.48. The van der Waals surface area contributed by atoms with Gasteiger partial charge in [-0.25, -0.2) is 4.39 Å². The Labute approximate surface area is 70.0 Å². The highest BCUT2D eigenvalue weighted by atomic mass is 19.1. The van der Waals surface area contributed by atoms with Crippen molar-refractivity contribution in [3.8, 4) is 5.75 Å². The third-order valence-electron chi connectivity index (χ3n) is 1.59. The molecule has 0 aliphatic carbocycles. The van der Waals surface area contributed by atoms with Gasteiger partial charge in [0, 0.05) is 5.56 Å². The molecular formula is C9H9FO2. The zero-order chi connectivity index (χ0) is 9.14. The third-order valence-corrected chi connectivity index (χ3v) is 1.59. The Morgan fingerprint density at radius 3 is 2.58 bits per heavy atom. The van der Waals surface area contributed by atoms with Crippen LogP contribution in [0.15, 0.2) is 12.1 Å². The van der Waals surface area contributed by atoms with E-state index in [-0.39, 0.29) is 5.75 Å². The number of methoxy groups -OCH3 is 1. The van der Waals surface area contributed by atoms with Crippen molar-refractivity contribution >= 4 is 6.29 Å². The minimum Gasteiger partial charge on any atom is -0.493 e. The molecule has 0 spiro atoms. The molecule has 12 heavy (non-hydrogen) atoms. The minimum absolute atomic E-state index is 0.195. The second-order valence-corrected chi connectivity index (χ2v) is 2.47. The summed E-state index contributed by atoms with van der Waals surface area (Å²) in [6.07, 6.45) is 0.607. The van der Waals surface area contributed by atoms with E-state index in [1.54, 1.807) is 13.0 Å². The predicted octanol–water partition coefficient (Wildman–Crippen LogP) is 1.96. The highest BCUT2D eigenvalue weighted by Crippen LogP contribution is 2.22. The molecule has 0 radical (unpaired) electrons. The lowest BCUT2D eigenvalue weighted by Crippen LogP contribution is -1.93. The molecule has 3 heteroatoms. The van der Waals surface area contributed by atoms with Crippen molar-refractivity contribution in [3.05, 3.63) is 29.1 Å². The Kier molecular flexibility index (Phi) is 2.43. The van der Waals surface area contributed by atoms with Crippen molar-refractivity contribution in [2.24, 2.45) is 0 Å². The second kappa shape index (κ2) is 3.34. The molecule has 1 rings (SSSR count). The Hall–Kier alpha value is -1.38. The number of halogens is 1. The van der Waals surface area contributed by atoms with Crippen LogP contribution in [-0.4, -0.2) is 13.4 Å². The van der Waals surface area contributed by atoms with E-state index in [1.165, 1.54) is 7.11 Å². The highest BCUT2D eigenvalue weighted by Gasteiger charge is 2.07. The van der Waals surface area contributed by atoms with Gasteiger partial charge in [-0.2, -0.15) is 0 Å². The summed E-state index contributed by atoms with van der Waals surface area (Å²) in [7, 11) is 1.39. The van der Waals surface area contributed by atoms with Gasteiger partial charge in [0.1, 0.15) is 6.29 Å². The molecule has 0 aromatic heterocycles. The first-order chi connectivity index (χ1) is 5.69. The summed E-state index contributed by atoms with van der Waals surface area (Å²) in [5, 5.41) is 0. The van der Waals surface area contributed by atoms with Gasteiger partial charge in [-0.15, -0.1) is 0 Å². The molecule has 0 aliphatic heterocycles. The van der Waals surface area contributed by atoms with E-state index in [0.717, 1.165) is 6.07 Å². The fourth-order valence-corrected chi connectivity index (χ4v) is 1.08. The van der Waals surface area contributed by atoms with Crippen molar-refractivity contribution in [3.63, 3.8) is 0 Å². The second-order valence-electron chi connectivity index (χ2n) is 2.47. The van der Waals surface area contributed by atoms with Gasteiger partial charge in [0.05, 0.1) is 7.11 Å². The van der Waals surface area contributed by atoms with Crippen LogP contribution in [-0.2, 0) is 0 Å². The summed E-state index contributed by atoms with van der Waals surface area (Å²) >= 11 is 0. The topological polar surface area (TPSA) is 26.3 Å². The van der Waals surface area contributed by atoms with Crippen molar-refractivity contribution < 1.29 is 13.9 Å². The molecule has 2 nitrogen and oxygen atoms in total. The van der Waals surface area contributed by atoms with Gasteiger partial charge in [0.15, 0.2) is 11.6 Å². The number of hydrogen-bond donors (Lipinski definition) is 0. The standard InChI is InChI=1S/C9H9FO2/c1-6-3-7(5-11)4-8(10)9(6)12-2/h3-5H,1-2H3. The van der Waals surface area contributed by atoms with Crippen molar-refractivity contribution in [1.29, 1.82) is 0 Å². The number of hydrogen-bond acceptors (Lipinski definition) is 2. The van der Waals surface area contributed by atoms with Crippen LogP contribution in [0, 0.1) is 12.7 Å². The molecule has 64 valence electrons. The lowest BCUT2D eigenvalue weighted by atomic mass is 10.1. The van der Waals surface area contributed by atoms with Gasteiger partial charge >= 0.3 is 0 Å². The Bertz CT molecular complexity index is 284. The number of benzene rings is 1. The largest absolute Gasteiger partial charge is 0.493 e. The van der Waals surface area contributed by atoms with Gasteiger partial charge in [0.25, 0.3) is 0 Å². The zero-order valence-electron chi connectivity index (χ0n) is 6.93. The maximum Gasteiger partial charge on any atom is 0.166 e. The van der Waals surface area contributed by atoms with Crippen molar-refractivity contribution in [2.45, 2.75) is 6.92 Å². The number of rotatable bonds is 2. The maximum atomic E-state index is 13.0. The molecule has 0 unspecified atom stereocenters. The fourth-order valence-electron chi connectivity index (χ4n) is 1.08. The Balaban J connectivity index is 3.27. The smallest absolute Gasteiger partial charge is 0.166 e. The molecular weight excluding hydrogens is 159 g/mol. The number of aryl methyl sites for hydroxylation is 1. The van der Waals surface area contributed by atoms with Crippen LogP contribution in [0.5, 0.6) is 5.75 Å². The lowest BCUT2D eigenvalue weighted by molar-refractivity contribution is 0.112. The summed E-state index contributed by atoms with van der Waals surface area (Å²) in [6, 6.07) is 2.73. The number of carbonyl (C=O) groups excluding carboxylic acids is 1. The summed E-state index contributed by atoms with van der Waals surface area (Å²) in [5.74, 6) is -0.305. The van der Waals surface area contributed by atoms with Crippen LogP contribution < -0.4 is 4.74 Å². The van der Waals surface area contributed by atoms with Gasteiger partial charge in [-0.3, -0.25) is 4.79 Å². The van der Waals surface area contributed by atoms with Gasteiger partial charge in [0.2, 0.25) is 0 Å². The summed E-state index contributed by atoms with van der Waals surface area (Å²) in [4.78, 5) is 10.3.